The number of likely N-dealkylation sites (tertiary alicyclic amines) is 1. The molecule has 7 heteroatoms. The molecule has 1 amide bonds. The normalized spacial score (nSPS) is 20.5. The van der Waals surface area contributed by atoms with Crippen molar-refractivity contribution < 1.29 is 18.7 Å². The second-order valence-corrected chi connectivity index (χ2v) is 11.6. The van der Waals surface area contributed by atoms with Gasteiger partial charge in [-0.25, -0.2) is 4.79 Å². The van der Waals surface area contributed by atoms with Crippen LogP contribution in [0.4, 0.5) is 4.79 Å². The number of hydrogen-bond donors (Lipinski definition) is 0. The molecule has 3 heterocycles. The van der Waals surface area contributed by atoms with Crippen LogP contribution in [0.2, 0.25) is 0 Å². The monoisotopic (exact) mass is 480 g/mol. The third-order valence-corrected chi connectivity index (χ3v) is 7.51. The number of ether oxygens (including phenoxy) is 2. The van der Waals surface area contributed by atoms with Crippen LogP contribution in [0.3, 0.4) is 0 Å². The Morgan fingerprint density at radius 2 is 1.91 bits per heavy atom. The fourth-order valence-electron chi connectivity index (χ4n) is 5.68. The van der Waals surface area contributed by atoms with Crippen LogP contribution in [-0.4, -0.2) is 47.2 Å². The molecule has 1 saturated carbocycles. The van der Waals surface area contributed by atoms with E-state index in [0.29, 0.717) is 18.2 Å². The molecule has 3 aliphatic rings. The molecule has 35 heavy (non-hydrogen) atoms. The molecule has 1 saturated heterocycles. The molecule has 0 radical (unpaired) electrons. The van der Waals surface area contributed by atoms with Gasteiger partial charge in [-0.2, -0.15) is 0 Å². The minimum atomic E-state index is -0.472. The van der Waals surface area contributed by atoms with E-state index in [1.54, 1.807) is 11.0 Å². The van der Waals surface area contributed by atoms with Crippen molar-refractivity contribution in [2.75, 3.05) is 19.6 Å². The fourth-order valence-corrected chi connectivity index (χ4v) is 5.68. The van der Waals surface area contributed by atoms with Crippen LogP contribution in [0.25, 0.3) is 0 Å². The van der Waals surface area contributed by atoms with E-state index in [4.69, 9.17) is 13.9 Å². The Morgan fingerprint density at radius 3 is 2.60 bits per heavy atom. The average molecular weight is 481 g/mol. The maximum atomic E-state index is 12.7. The zero-order valence-corrected chi connectivity index (χ0v) is 21.2. The van der Waals surface area contributed by atoms with Gasteiger partial charge in [0.1, 0.15) is 17.6 Å². The Kier molecular flexibility index (Phi) is 6.16. The van der Waals surface area contributed by atoms with Crippen molar-refractivity contribution in [1.82, 2.24) is 9.80 Å². The lowest BCUT2D eigenvalue weighted by Gasteiger charge is -2.59. The summed E-state index contributed by atoms with van der Waals surface area (Å²) in [7, 11) is 0. The van der Waals surface area contributed by atoms with E-state index in [9.17, 15) is 9.59 Å². The lowest BCUT2D eigenvalue weighted by Crippen LogP contribution is -2.65. The molecule has 1 aromatic heterocycles. The highest BCUT2D eigenvalue weighted by Crippen LogP contribution is 2.53. The third kappa shape index (κ3) is 5.25. The van der Waals surface area contributed by atoms with E-state index in [-0.39, 0.29) is 28.8 Å². The molecule has 188 valence electrons. The standard InChI is InChI=1S/C28H36N2O5/c1-19(22-12-28(13-22)17-30(18-28)26(32)35-27(2,3)4)34-25-16-33-23(11-24(25)31)15-29-10-9-20-7-5-6-8-21(20)14-29/h5-8,11,16,19,22H,9-10,12-15,17-18H2,1-4H3. The summed E-state index contributed by atoms with van der Waals surface area (Å²) in [5, 5.41) is 0. The van der Waals surface area contributed by atoms with Crippen LogP contribution in [0.15, 0.2) is 45.8 Å². The van der Waals surface area contributed by atoms with Gasteiger partial charge in [0.2, 0.25) is 11.2 Å². The number of rotatable bonds is 5. The first-order chi connectivity index (χ1) is 16.6. The summed E-state index contributed by atoms with van der Waals surface area (Å²) < 4.78 is 17.3. The summed E-state index contributed by atoms with van der Waals surface area (Å²) >= 11 is 0. The van der Waals surface area contributed by atoms with Gasteiger partial charge in [-0.3, -0.25) is 9.69 Å². The number of carbonyl (C=O) groups is 1. The zero-order chi connectivity index (χ0) is 24.8. The predicted octanol–water partition coefficient (Wildman–Crippen LogP) is 4.61. The molecule has 1 aliphatic carbocycles. The topological polar surface area (TPSA) is 72.2 Å². The number of amides is 1. The van der Waals surface area contributed by atoms with Crippen molar-refractivity contribution in [3.63, 3.8) is 0 Å². The second kappa shape index (κ2) is 9.01. The van der Waals surface area contributed by atoms with Gasteiger partial charge in [-0.05, 0) is 64.0 Å². The summed E-state index contributed by atoms with van der Waals surface area (Å²) in [4.78, 5) is 29.0. The van der Waals surface area contributed by atoms with Crippen molar-refractivity contribution in [2.45, 2.75) is 71.8 Å². The van der Waals surface area contributed by atoms with Crippen molar-refractivity contribution in [3.8, 4) is 5.75 Å². The number of nitrogens with zero attached hydrogens (tertiary/aromatic N) is 2. The highest BCUT2D eigenvalue weighted by Gasteiger charge is 2.55. The van der Waals surface area contributed by atoms with Gasteiger partial charge in [-0.15, -0.1) is 0 Å². The van der Waals surface area contributed by atoms with Crippen LogP contribution in [-0.2, 0) is 24.2 Å². The van der Waals surface area contributed by atoms with E-state index in [2.05, 4.69) is 29.2 Å². The van der Waals surface area contributed by atoms with Crippen LogP contribution in [0.1, 0.15) is 57.4 Å². The molecule has 2 aliphatic heterocycles. The third-order valence-electron chi connectivity index (χ3n) is 7.51. The first kappa shape index (κ1) is 23.9. The first-order valence-corrected chi connectivity index (χ1v) is 12.6. The quantitative estimate of drug-likeness (QED) is 0.622. The number of fused-ring (bicyclic) bond motifs is 1. The van der Waals surface area contributed by atoms with Crippen LogP contribution in [0, 0.1) is 11.3 Å². The molecule has 1 aromatic carbocycles. The molecular weight excluding hydrogens is 444 g/mol. The zero-order valence-electron chi connectivity index (χ0n) is 21.2. The second-order valence-electron chi connectivity index (χ2n) is 11.6. The Morgan fingerprint density at radius 1 is 1.20 bits per heavy atom. The van der Waals surface area contributed by atoms with E-state index < -0.39 is 5.60 Å². The SMILES string of the molecule is CC(Oc1coc(CN2CCc3ccccc3C2)cc1=O)C1CC2(C1)CN(C(=O)OC(C)(C)C)C2. The van der Waals surface area contributed by atoms with Gasteiger partial charge in [-0.1, -0.05) is 24.3 Å². The summed E-state index contributed by atoms with van der Waals surface area (Å²) in [5.74, 6) is 1.30. The average Bonchev–Trinajstić information content (AvgIpc) is 2.72. The summed E-state index contributed by atoms with van der Waals surface area (Å²) in [6.45, 7) is 11.6. The Hall–Kier alpha value is -2.80. The minimum absolute atomic E-state index is 0.0800. The van der Waals surface area contributed by atoms with Crippen molar-refractivity contribution in [1.29, 1.82) is 0 Å². The highest BCUT2D eigenvalue weighted by molar-refractivity contribution is 5.69. The summed E-state index contributed by atoms with van der Waals surface area (Å²) in [5.41, 5.74) is 2.32. The maximum Gasteiger partial charge on any atom is 0.410 e. The lowest BCUT2D eigenvalue weighted by molar-refractivity contribution is -0.115. The molecule has 0 bridgehead atoms. The maximum absolute atomic E-state index is 12.7. The largest absolute Gasteiger partial charge is 0.483 e. The van der Waals surface area contributed by atoms with Crippen molar-refractivity contribution in [2.24, 2.45) is 11.3 Å². The first-order valence-electron chi connectivity index (χ1n) is 12.6. The molecule has 1 unspecified atom stereocenters. The van der Waals surface area contributed by atoms with Gasteiger partial charge < -0.3 is 18.8 Å². The van der Waals surface area contributed by atoms with Gasteiger partial charge >= 0.3 is 6.09 Å². The van der Waals surface area contributed by atoms with E-state index in [1.807, 2.05) is 27.7 Å². The molecule has 7 nitrogen and oxygen atoms in total. The van der Waals surface area contributed by atoms with E-state index in [1.165, 1.54) is 17.4 Å². The number of hydrogen-bond acceptors (Lipinski definition) is 6. The smallest absolute Gasteiger partial charge is 0.410 e. The molecule has 1 spiro atoms. The Labute approximate surface area is 207 Å². The molecule has 0 N–H and O–H groups in total. The summed E-state index contributed by atoms with van der Waals surface area (Å²) in [6.07, 6.45) is 4.15. The minimum Gasteiger partial charge on any atom is -0.483 e. The molecule has 5 rings (SSSR count). The van der Waals surface area contributed by atoms with Crippen molar-refractivity contribution >= 4 is 6.09 Å². The van der Waals surface area contributed by atoms with Crippen LogP contribution < -0.4 is 10.2 Å². The molecule has 1 atom stereocenters. The van der Waals surface area contributed by atoms with Gasteiger partial charge in [0, 0.05) is 37.7 Å². The highest BCUT2D eigenvalue weighted by atomic mass is 16.6. The lowest BCUT2D eigenvalue weighted by atomic mass is 9.56. The number of benzene rings is 1. The summed E-state index contributed by atoms with van der Waals surface area (Å²) in [6, 6.07) is 10.1. The Bertz CT molecular complexity index is 1140. The molecule has 2 fully saturated rings. The van der Waals surface area contributed by atoms with Gasteiger partial charge in [0.25, 0.3) is 0 Å². The Balaban J connectivity index is 1.10. The van der Waals surface area contributed by atoms with Gasteiger partial charge in [0.15, 0.2) is 0 Å². The number of carbonyl (C=O) groups excluding carboxylic acids is 1. The van der Waals surface area contributed by atoms with Gasteiger partial charge in [0.05, 0.1) is 12.6 Å². The molecular formula is C28H36N2O5. The van der Waals surface area contributed by atoms with Crippen molar-refractivity contribution in [3.05, 3.63) is 63.7 Å². The molecule has 2 aromatic rings. The fraction of sp³-hybridized carbons (Fsp3) is 0.571. The van der Waals surface area contributed by atoms with Crippen LogP contribution >= 0.6 is 0 Å². The van der Waals surface area contributed by atoms with Crippen LogP contribution in [0.5, 0.6) is 5.75 Å². The van der Waals surface area contributed by atoms with E-state index >= 15 is 0 Å². The predicted molar refractivity (Wildman–Crippen MR) is 132 cm³/mol. The van der Waals surface area contributed by atoms with E-state index in [0.717, 1.165) is 45.4 Å².